The van der Waals surface area contributed by atoms with Gasteiger partial charge in [-0.15, -0.1) is 11.3 Å². The van der Waals surface area contributed by atoms with Crippen LogP contribution in [-0.4, -0.2) is 28.1 Å². The molecule has 1 saturated carbocycles. The van der Waals surface area contributed by atoms with E-state index < -0.39 is 0 Å². The van der Waals surface area contributed by atoms with Crippen LogP contribution in [0.3, 0.4) is 0 Å². The van der Waals surface area contributed by atoms with Crippen molar-refractivity contribution in [2.45, 2.75) is 57.5 Å². The largest absolute Gasteiger partial charge is 0.325 e. The van der Waals surface area contributed by atoms with Crippen LogP contribution in [0, 0.1) is 0 Å². The second kappa shape index (κ2) is 9.26. The van der Waals surface area contributed by atoms with E-state index in [1.54, 1.807) is 11.3 Å². The fourth-order valence-corrected chi connectivity index (χ4v) is 5.52. The fourth-order valence-electron chi connectivity index (χ4n) is 3.87. The number of aliphatic imine (C=N–C) groups is 2. The van der Waals surface area contributed by atoms with Crippen molar-refractivity contribution in [3.8, 4) is 0 Å². The van der Waals surface area contributed by atoms with Crippen LogP contribution in [-0.2, 0) is 11.2 Å². The molecule has 0 saturated heterocycles. The standard InChI is InChI=1S/C23H27N3OS2/c1-2-17-9-11-18(12-10-17)24-20(27)16-29-22-21(19-8-7-15-28-19)25-23(26-22)13-5-3-4-6-14-23/h7-12,15H,2-6,13-14,16H2,1H3,(H,24,27). The lowest BCUT2D eigenvalue weighted by atomic mass is 10.0. The summed E-state index contributed by atoms with van der Waals surface area (Å²) in [6, 6.07) is 12.2. The second-order valence-corrected chi connectivity index (χ2v) is 9.55. The van der Waals surface area contributed by atoms with Crippen molar-refractivity contribution in [3.63, 3.8) is 0 Å². The maximum Gasteiger partial charge on any atom is 0.234 e. The Kier molecular flexibility index (Phi) is 6.50. The molecule has 1 aromatic heterocycles. The molecule has 1 aliphatic carbocycles. The topological polar surface area (TPSA) is 53.8 Å². The predicted molar refractivity (Wildman–Crippen MR) is 126 cm³/mol. The summed E-state index contributed by atoms with van der Waals surface area (Å²) < 4.78 is 0. The number of thiophene rings is 1. The van der Waals surface area contributed by atoms with Crippen LogP contribution >= 0.6 is 23.1 Å². The molecule has 0 atom stereocenters. The Hall–Kier alpha value is -1.92. The smallest absolute Gasteiger partial charge is 0.234 e. The van der Waals surface area contributed by atoms with Crippen LogP contribution in [0.25, 0.3) is 0 Å². The molecule has 152 valence electrons. The van der Waals surface area contributed by atoms with Crippen LogP contribution in [0.5, 0.6) is 0 Å². The molecular weight excluding hydrogens is 398 g/mol. The fraction of sp³-hybridized carbons (Fsp3) is 0.435. The number of aryl methyl sites for hydroxylation is 1. The van der Waals surface area contributed by atoms with Gasteiger partial charge in [-0.3, -0.25) is 9.79 Å². The number of rotatable bonds is 5. The van der Waals surface area contributed by atoms with Crippen molar-refractivity contribution in [2.75, 3.05) is 11.1 Å². The minimum absolute atomic E-state index is 0.00528. The molecule has 2 aromatic rings. The van der Waals surface area contributed by atoms with E-state index in [2.05, 4.69) is 41.9 Å². The minimum Gasteiger partial charge on any atom is -0.325 e. The molecule has 29 heavy (non-hydrogen) atoms. The number of thioether (sulfide) groups is 1. The number of anilines is 1. The average Bonchev–Trinajstić information content (AvgIpc) is 3.32. The monoisotopic (exact) mass is 425 g/mol. The van der Waals surface area contributed by atoms with Crippen molar-refractivity contribution in [1.29, 1.82) is 0 Å². The zero-order chi connectivity index (χ0) is 20.1. The van der Waals surface area contributed by atoms with E-state index in [-0.39, 0.29) is 11.6 Å². The lowest BCUT2D eigenvalue weighted by molar-refractivity contribution is -0.113. The van der Waals surface area contributed by atoms with Gasteiger partial charge in [-0.1, -0.05) is 49.7 Å². The van der Waals surface area contributed by atoms with Crippen LogP contribution in [0.4, 0.5) is 5.69 Å². The Morgan fingerprint density at radius 1 is 1.10 bits per heavy atom. The molecule has 0 unspecified atom stereocenters. The average molecular weight is 426 g/mol. The summed E-state index contributed by atoms with van der Waals surface area (Å²) in [7, 11) is 0. The molecular formula is C23H27N3OS2. The Balaban J connectivity index is 1.45. The van der Waals surface area contributed by atoms with Gasteiger partial charge >= 0.3 is 0 Å². The molecule has 1 fully saturated rings. The Morgan fingerprint density at radius 2 is 1.86 bits per heavy atom. The van der Waals surface area contributed by atoms with Gasteiger partial charge in [-0.05, 0) is 61.2 Å². The molecule has 1 aliphatic heterocycles. The predicted octanol–water partition coefficient (Wildman–Crippen LogP) is 5.93. The van der Waals surface area contributed by atoms with Gasteiger partial charge in [0.05, 0.1) is 10.6 Å². The first-order valence-electron chi connectivity index (χ1n) is 10.4. The summed E-state index contributed by atoms with van der Waals surface area (Å²) >= 11 is 3.20. The molecule has 1 spiro atoms. The number of nitrogens with one attached hydrogen (secondary N) is 1. The molecule has 2 heterocycles. The zero-order valence-corrected chi connectivity index (χ0v) is 18.5. The maximum absolute atomic E-state index is 12.5. The van der Waals surface area contributed by atoms with Gasteiger partial charge in [0.1, 0.15) is 10.8 Å². The number of carbonyl (C=O) groups is 1. The highest BCUT2D eigenvalue weighted by Gasteiger charge is 2.37. The van der Waals surface area contributed by atoms with E-state index >= 15 is 0 Å². The van der Waals surface area contributed by atoms with Gasteiger partial charge in [0.2, 0.25) is 5.91 Å². The number of carbonyl (C=O) groups excluding carboxylic acids is 1. The third-order valence-corrected chi connectivity index (χ3v) is 7.32. The van der Waals surface area contributed by atoms with E-state index in [1.807, 2.05) is 12.1 Å². The van der Waals surface area contributed by atoms with Crippen LogP contribution < -0.4 is 5.32 Å². The lowest BCUT2D eigenvalue weighted by Gasteiger charge is -2.20. The first kappa shape index (κ1) is 20.4. The lowest BCUT2D eigenvalue weighted by Crippen LogP contribution is -2.20. The summed E-state index contributed by atoms with van der Waals surface area (Å²) in [4.78, 5) is 23.9. The van der Waals surface area contributed by atoms with Gasteiger partial charge in [0.25, 0.3) is 0 Å². The summed E-state index contributed by atoms with van der Waals surface area (Å²) in [6.45, 7) is 2.13. The highest BCUT2D eigenvalue weighted by Crippen LogP contribution is 2.38. The van der Waals surface area contributed by atoms with Gasteiger partial charge in [0, 0.05) is 5.69 Å². The summed E-state index contributed by atoms with van der Waals surface area (Å²) in [5.41, 5.74) is 2.79. The van der Waals surface area contributed by atoms with Crippen LogP contribution in [0.15, 0.2) is 51.8 Å². The molecule has 6 heteroatoms. The summed E-state index contributed by atoms with van der Waals surface area (Å²) in [5, 5.41) is 5.99. The van der Waals surface area contributed by atoms with E-state index in [4.69, 9.17) is 9.98 Å². The third-order valence-electron chi connectivity index (χ3n) is 5.48. The summed E-state index contributed by atoms with van der Waals surface area (Å²) in [5.74, 6) is 0.337. The number of amides is 1. The molecule has 4 nitrogen and oxygen atoms in total. The van der Waals surface area contributed by atoms with Crippen LogP contribution in [0.1, 0.15) is 55.9 Å². The number of nitrogens with zero attached hydrogens (tertiary/aromatic N) is 2. The van der Waals surface area contributed by atoms with E-state index in [0.29, 0.717) is 5.75 Å². The zero-order valence-electron chi connectivity index (χ0n) is 16.8. The molecule has 2 aliphatic rings. The molecule has 1 N–H and O–H groups in total. The Bertz CT molecular complexity index is 893. The van der Waals surface area contributed by atoms with Crippen molar-refractivity contribution < 1.29 is 4.79 Å². The number of hydrogen-bond donors (Lipinski definition) is 1. The normalized spacial score (nSPS) is 18.2. The van der Waals surface area contributed by atoms with Crippen molar-refractivity contribution in [3.05, 3.63) is 52.2 Å². The molecule has 1 aromatic carbocycles. The van der Waals surface area contributed by atoms with E-state index in [9.17, 15) is 4.79 Å². The third kappa shape index (κ3) is 4.98. The quantitative estimate of drug-likeness (QED) is 0.645. The first-order valence-corrected chi connectivity index (χ1v) is 12.3. The van der Waals surface area contributed by atoms with E-state index in [1.165, 1.54) is 43.0 Å². The van der Waals surface area contributed by atoms with Crippen molar-refractivity contribution >= 4 is 45.4 Å². The van der Waals surface area contributed by atoms with Gasteiger partial charge in [0.15, 0.2) is 5.66 Å². The highest BCUT2D eigenvalue weighted by molar-refractivity contribution is 8.16. The van der Waals surface area contributed by atoms with Crippen molar-refractivity contribution in [1.82, 2.24) is 0 Å². The second-order valence-electron chi connectivity index (χ2n) is 7.64. The SMILES string of the molecule is CCc1ccc(NC(=O)CSC2=NC3(CCCCCC3)N=C2c2cccs2)cc1. The Morgan fingerprint density at radius 3 is 2.52 bits per heavy atom. The van der Waals surface area contributed by atoms with Gasteiger partial charge in [-0.25, -0.2) is 4.99 Å². The maximum atomic E-state index is 12.5. The first-order chi connectivity index (χ1) is 14.2. The molecule has 0 radical (unpaired) electrons. The minimum atomic E-state index is -0.301. The van der Waals surface area contributed by atoms with E-state index in [0.717, 1.165) is 40.6 Å². The van der Waals surface area contributed by atoms with Gasteiger partial charge < -0.3 is 5.32 Å². The Labute approximate surface area is 180 Å². The molecule has 4 rings (SSSR count). The summed E-state index contributed by atoms with van der Waals surface area (Å²) in [6.07, 6.45) is 7.92. The number of hydrogen-bond acceptors (Lipinski definition) is 5. The number of benzene rings is 1. The van der Waals surface area contributed by atoms with Crippen LogP contribution in [0.2, 0.25) is 0 Å². The van der Waals surface area contributed by atoms with Crippen molar-refractivity contribution in [2.24, 2.45) is 9.98 Å². The molecule has 1 amide bonds. The van der Waals surface area contributed by atoms with Gasteiger partial charge in [-0.2, -0.15) is 0 Å². The molecule has 0 bridgehead atoms. The highest BCUT2D eigenvalue weighted by atomic mass is 32.2.